The van der Waals surface area contributed by atoms with Gasteiger partial charge < -0.3 is 10.1 Å². The summed E-state index contributed by atoms with van der Waals surface area (Å²) in [4.78, 5) is 11.7. The lowest BCUT2D eigenvalue weighted by Gasteiger charge is -2.16. The number of benzene rings is 2. The van der Waals surface area contributed by atoms with Crippen LogP contribution in [0, 0.1) is 11.8 Å². The van der Waals surface area contributed by atoms with E-state index in [1.54, 1.807) is 7.11 Å². The van der Waals surface area contributed by atoms with Crippen LogP contribution < -0.4 is 10.1 Å². The standard InChI is InChI=1S/C18H15NO2.C2H6/c1-21-16-7-4-13(5-8-16)2-3-14-6-9-17-15(12-14)10-11-19-18(17)20;1-2/h4-9,12H,10-11H2,1H3,(H,19,20);1-2H3. The van der Waals surface area contributed by atoms with Crippen molar-refractivity contribution in [2.45, 2.75) is 20.3 Å². The van der Waals surface area contributed by atoms with Crippen LogP contribution >= 0.6 is 0 Å². The minimum absolute atomic E-state index is 0.00548. The quantitative estimate of drug-likeness (QED) is 0.820. The topological polar surface area (TPSA) is 38.3 Å². The lowest BCUT2D eigenvalue weighted by Crippen LogP contribution is -2.31. The van der Waals surface area contributed by atoms with Crippen LogP contribution in [0.15, 0.2) is 42.5 Å². The summed E-state index contributed by atoms with van der Waals surface area (Å²) >= 11 is 0. The molecule has 3 heteroatoms. The molecular weight excluding hydrogens is 286 g/mol. The van der Waals surface area contributed by atoms with Crippen molar-refractivity contribution >= 4 is 5.91 Å². The Balaban J connectivity index is 0.000000924. The third-order valence-corrected chi connectivity index (χ3v) is 3.47. The fourth-order valence-electron chi connectivity index (χ4n) is 2.32. The molecule has 0 aliphatic carbocycles. The van der Waals surface area contributed by atoms with Crippen LogP contribution in [0.25, 0.3) is 0 Å². The molecule has 0 fully saturated rings. The molecule has 1 amide bonds. The lowest BCUT2D eigenvalue weighted by atomic mass is 9.98. The molecule has 1 aliphatic heterocycles. The van der Waals surface area contributed by atoms with Crippen molar-refractivity contribution in [3.05, 3.63) is 64.7 Å². The zero-order valence-corrected chi connectivity index (χ0v) is 13.8. The molecule has 0 bridgehead atoms. The van der Waals surface area contributed by atoms with E-state index in [0.717, 1.165) is 34.4 Å². The first-order valence-corrected chi connectivity index (χ1v) is 7.83. The van der Waals surface area contributed by atoms with Gasteiger partial charge in [0.2, 0.25) is 0 Å². The first-order chi connectivity index (χ1) is 11.3. The number of ether oxygens (including phenoxy) is 1. The Bertz CT molecular complexity index is 736. The van der Waals surface area contributed by atoms with Crippen LogP contribution in [-0.2, 0) is 6.42 Å². The lowest BCUT2D eigenvalue weighted by molar-refractivity contribution is 0.0946. The number of amides is 1. The average Bonchev–Trinajstić information content (AvgIpc) is 2.62. The fraction of sp³-hybridized carbons (Fsp3) is 0.250. The molecule has 23 heavy (non-hydrogen) atoms. The molecular formula is C20H21NO2. The predicted octanol–water partition coefficient (Wildman–Crippen LogP) is 3.41. The minimum Gasteiger partial charge on any atom is -0.497 e. The van der Waals surface area contributed by atoms with Gasteiger partial charge in [0.1, 0.15) is 5.75 Å². The SMILES string of the molecule is CC.COc1ccc(C#Cc2ccc3c(c2)CCNC3=O)cc1. The molecule has 0 saturated heterocycles. The van der Waals surface area contributed by atoms with E-state index >= 15 is 0 Å². The number of carbonyl (C=O) groups is 1. The highest BCUT2D eigenvalue weighted by atomic mass is 16.5. The molecule has 118 valence electrons. The van der Waals surface area contributed by atoms with E-state index in [0.29, 0.717) is 6.54 Å². The first-order valence-electron chi connectivity index (χ1n) is 7.83. The number of nitrogens with one attached hydrogen (secondary N) is 1. The molecule has 1 N–H and O–H groups in total. The van der Waals surface area contributed by atoms with Gasteiger partial charge in [-0.1, -0.05) is 25.7 Å². The molecule has 2 aromatic rings. The van der Waals surface area contributed by atoms with Crippen molar-refractivity contribution in [1.29, 1.82) is 0 Å². The highest BCUT2D eigenvalue weighted by molar-refractivity contribution is 5.96. The number of methoxy groups -OCH3 is 1. The van der Waals surface area contributed by atoms with E-state index in [-0.39, 0.29) is 5.91 Å². The largest absolute Gasteiger partial charge is 0.497 e. The van der Waals surface area contributed by atoms with Crippen molar-refractivity contribution in [3.8, 4) is 17.6 Å². The summed E-state index contributed by atoms with van der Waals surface area (Å²) in [5.41, 5.74) is 3.70. The molecule has 0 unspecified atom stereocenters. The van der Waals surface area contributed by atoms with E-state index in [2.05, 4.69) is 17.2 Å². The van der Waals surface area contributed by atoms with E-state index in [1.807, 2.05) is 56.3 Å². The summed E-state index contributed by atoms with van der Waals surface area (Å²) in [6.07, 6.45) is 0.860. The molecule has 0 spiro atoms. The first kappa shape index (κ1) is 16.6. The molecule has 0 radical (unpaired) electrons. The molecule has 1 aliphatic rings. The summed E-state index contributed by atoms with van der Waals surface area (Å²) in [6, 6.07) is 13.4. The smallest absolute Gasteiger partial charge is 0.251 e. The number of hydrogen-bond donors (Lipinski definition) is 1. The van der Waals surface area contributed by atoms with Gasteiger partial charge in [-0.15, -0.1) is 0 Å². The Morgan fingerprint density at radius 1 is 1.00 bits per heavy atom. The second kappa shape index (κ2) is 8.05. The third kappa shape index (κ3) is 4.14. The van der Waals surface area contributed by atoms with Gasteiger partial charge in [-0.3, -0.25) is 4.79 Å². The number of rotatable bonds is 1. The van der Waals surface area contributed by atoms with E-state index in [1.165, 1.54) is 0 Å². The average molecular weight is 307 g/mol. The summed E-state index contributed by atoms with van der Waals surface area (Å²) in [6.45, 7) is 4.70. The Labute approximate surface area is 137 Å². The van der Waals surface area contributed by atoms with Crippen molar-refractivity contribution < 1.29 is 9.53 Å². The maximum absolute atomic E-state index is 11.7. The van der Waals surface area contributed by atoms with Crippen molar-refractivity contribution in [2.75, 3.05) is 13.7 Å². The zero-order chi connectivity index (χ0) is 16.7. The van der Waals surface area contributed by atoms with Crippen LogP contribution in [0.2, 0.25) is 0 Å². The Morgan fingerprint density at radius 2 is 1.65 bits per heavy atom. The van der Waals surface area contributed by atoms with Gasteiger partial charge in [0.25, 0.3) is 5.91 Å². The summed E-state index contributed by atoms with van der Waals surface area (Å²) in [5.74, 6) is 7.09. The van der Waals surface area contributed by atoms with E-state index in [9.17, 15) is 4.79 Å². The molecule has 3 nitrogen and oxygen atoms in total. The summed E-state index contributed by atoms with van der Waals surface area (Å²) in [5, 5.41) is 2.84. The van der Waals surface area contributed by atoms with Crippen LogP contribution in [0.1, 0.15) is 40.9 Å². The van der Waals surface area contributed by atoms with Gasteiger partial charge in [0.15, 0.2) is 0 Å². The van der Waals surface area contributed by atoms with Gasteiger partial charge in [-0.25, -0.2) is 0 Å². The highest BCUT2D eigenvalue weighted by Gasteiger charge is 2.15. The Kier molecular flexibility index (Phi) is 5.82. The van der Waals surface area contributed by atoms with E-state index in [4.69, 9.17) is 4.74 Å². The minimum atomic E-state index is 0.00548. The zero-order valence-electron chi connectivity index (χ0n) is 13.8. The third-order valence-electron chi connectivity index (χ3n) is 3.47. The maximum atomic E-state index is 11.7. The summed E-state index contributed by atoms with van der Waals surface area (Å²) in [7, 11) is 1.64. The molecule has 2 aromatic carbocycles. The summed E-state index contributed by atoms with van der Waals surface area (Å²) < 4.78 is 5.12. The van der Waals surface area contributed by atoms with Crippen LogP contribution in [0.5, 0.6) is 5.75 Å². The van der Waals surface area contributed by atoms with Gasteiger partial charge in [-0.05, 0) is 54.4 Å². The van der Waals surface area contributed by atoms with Gasteiger partial charge in [-0.2, -0.15) is 0 Å². The molecule has 3 rings (SSSR count). The fourth-order valence-corrected chi connectivity index (χ4v) is 2.32. The van der Waals surface area contributed by atoms with Gasteiger partial charge in [0.05, 0.1) is 7.11 Å². The number of carbonyl (C=O) groups excluding carboxylic acids is 1. The van der Waals surface area contributed by atoms with Crippen LogP contribution in [-0.4, -0.2) is 19.6 Å². The van der Waals surface area contributed by atoms with Gasteiger partial charge >= 0.3 is 0 Å². The predicted molar refractivity (Wildman–Crippen MR) is 92.8 cm³/mol. The Morgan fingerprint density at radius 3 is 2.35 bits per heavy atom. The normalized spacial score (nSPS) is 11.9. The second-order valence-corrected chi connectivity index (χ2v) is 4.86. The van der Waals surface area contributed by atoms with Crippen molar-refractivity contribution in [1.82, 2.24) is 5.32 Å². The molecule has 0 atom stereocenters. The van der Waals surface area contributed by atoms with Gasteiger partial charge in [0, 0.05) is 23.2 Å². The number of hydrogen-bond acceptors (Lipinski definition) is 2. The van der Waals surface area contributed by atoms with Crippen molar-refractivity contribution in [3.63, 3.8) is 0 Å². The van der Waals surface area contributed by atoms with Crippen LogP contribution in [0.4, 0.5) is 0 Å². The second-order valence-electron chi connectivity index (χ2n) is 4.86. The molecule has 0 saturated carbocycles. The Hall–Kier alpha value is -2.73. The molecule has 0 aromatic heterocycles. The van der Waals surface area contributed by atoms with Crippen LogP contribution in [0.3, 0.4) is 0 Å². The van der Waals surface area contributed by atoms with Crippen molar-refractivity contribution in [2.24, 2.45) is 0 Å². The maximum Gasteiger partial charge on any atom is 0.251 e. The van der Waals surface area contributed by atoms with E-state index < -0.39 is 0 Å². The highest BCUT2D eigenvalue weighted by Crippen LogP contribution is 2.16. The number of fused-ring (bicyclic) bond motifs is 1. The molecule has 1 heterocycles. The monoisotopic (exact) mass is 307 g/mol.